The minimum absolute atomic E-state index is 0. The number of aromatic nitrogens is 4. The smallest absolute Gasteiger partial charge is 0.0734 e. The van der Waals surface area contributed by atoms with E-state index in [9.17, 15) is 0 Å². The molecular formula is C13H19ClN4. The van der Waals surface area contributed by atoms with Crippen molar-refractivity contribution in [3.8, 4) is 0 Å². The molecule has 0 aromatic carbocycles. The zero-order chi connectivity index (χ0) is 12.7. The lowest BCUT2D eigenvalue weighted by atomic mass is 10.4. The van der Waals surface area contributed by atoms with Gasteiger partial charge in [0.15, 0.2) is 0 Å². The summed E-state index contributed by atoms with van der Waals surface area (Å²) in [6.07, 6.45) is 6.91. The van der Waals surface area contributed by atoms with E-state index in [1.54, 1.807) is 24.8 Å². The van der Waals surface area contributed by atoms with E-state index in [0.717, 1.165) is 22.8 Å². The van der Waals surface area contributed by atoms with Crippen LogP contribution < -0.4 is 0 Å². The van der Waals surface area contributed by atoms with Gasteiger partial charge in [-0.2, -0.15) is 0 Å². The molecule has 2 rings (SSSR count). The Bertz CT molecular complexity index is 419. The normalized spacial score (nSPS) is 8.89. The molecule has 0 saturated carbocycles. The Morgan fingerprint density at radius 1 is 0.778 bits per heavy atom. The molecule has 0 unspecified atom stereocenters. The van der Waals surface area contributed by atoms with Crippen molar-refractivity contribution in [3.63, 3.8) is 0 Å². The summed E-state index contributed by atoms with van der Waals surface area (Å²) < 4.78 is 0. The molecule has 0 aliphatic carbocycles. The molecule has 0 aliphatic heterocycles. The van der Waals surface area contributed by atoms with E-state index >= 15 is 0 Å². The Morgan fingerprint density at radius 3 is 1.44 bits per heavy atom. The van der Waals surface area contributed by atoms with Crippen LogP contribution in [-0.4, -0.2) is 19.9 Å². The highest BCUT2D eigenvalue weighted by Gasteiger charge is 1.89. The van der Waals surface area contributed by atoms with Crippen molar-refractivity contribution in [2.45, 2.75) is 34.1 Å². The third-order valence-corrected chi connectivity index (χ3v) is 2.16. The number of hydrogen-bond acceptors (Lipinski definition) is 4. The first kappa shape index (κ1) is 16.4. The van der Waals surface area contributed by atoms with Gasteiger partial charge in [0, 0.05) is 24.8 Å². The average Bonchev–Trinajstić information content (AvgIpc) is 2.35. The molecule has 0 aliphatic rings. The maximum absolute atomic E-state index is 5.48. The average molecular weight is 267 g/mol. The van der Waals surface area contributed by atoms with Crippen LogP contribution in [0.15, 0.2) is 24.8 Å². The Kier molecular flexibility index (Phi) is 7.79. The summed E-state index contributed by atoms with van der Waals surface area (Å²) in [5, 5.41) is 0. The Morgan fingerprint density at radius 2 is 1.17 bits per heavy atom. The van der Waals surface area contributed by atoms with Crippen LogP contribution in [0.25, 0.3) is 0 Å². The van der Waals surface area contributed by atoms with E-state index in [1.165, 1.54) is 0 Å². The monoisotopic (exact) mass is 266 g/mol. The number of hydrogen-bond donors (Lipinski definition) is 0. The lowest BCUT2D eigenvalue weighted by Crippen LogP contribution is -1.87. The SMILES string of the molecule is C.Cc1cnc(C)cn1.Cc1cnc(CCl)cn1. The summed E-state index contributed by atoms with van der Waals surface area (Å²) >= 11 is 5.48. The summed E-state index contributed by atoms with van der Waals surface area (Å²) in [7, 11) is 0. The van der Waals surface area contributed by atoms with Crippen molar-refractivity contribution in [2.75, 3.05) is 0 Å². The van der Waals surface area contributed by atoms with Crippen molar-refractivity contribution in [1.82, 2.24) is 19.9 Å². The fraction of sp³-hybridized carbons (Fsp3) is 0.385. The second kappa shape index (κ2) is 8.53. The molecule has 5 heteroatoms. The second-order valence-corrected chi connectivity index (χ2v) is 3.85. The van der Waals surface area contributed by atoms with Crippen LogP contribution >= 0.6 is 11.6 Å². The summed E-state index contributed by atoms with van der Waals surface area (Å²) in [6, 6.07) is 0. The van der Waals surface area contributed by atoms with Gasteiger partial charge in [-0.1, -0.05) is 7.43 Å². The highest BCUT2D eigenvalue weighted by molar-refractivity contribution is 6.16. The first-order valence-corrected chi connectivity index (χ1v) is 5.74. The van der Waals surface area contributed by atoms with Crippen LogP contribution in [0, 0.1) is 20.8 Å². The van der Waals surface area contributed by atoms with E-state index < -0.39 is 0 Å². The van der Waals surface area contributed by atoms with Crippen molar-refractivity contribution in [3.05, 3.63) is 47.6 Å². The van der Waals surface area contributed by atoms with E-state index in [0.29, 0.717) is 5.88 Å². The lowest BCUT2D eigenvalue weighted by Gasteiger charge is -1.91. The van der Waals surface area contributed by atoms with Gasteiger partial charge < -0.3 is 0 Å². The van der Waals surface area contributed by atoms with E-state index in [4.69, 9.17) is 11.6 Å². The fourth-order valence-electron chi connectivity index (χ4n) is 0.945. The van der Waals surface area contributed by atoms with Gasteiger partial charge in [-0.15, -0.1) is 11.6 Å². The molecule has 0 N–H and O–H groups in total. The number of aryl methyl sites for hydroxylation is 3. The fourth-order valence-corrected chi connectivity index (χ4v) is 1.08. The number of nitrogens with zero attached hydrogens (tertiary/aromatic N) is 4. The van der Waals surface area contributed by atoms with E-state index in [-0.39, 0.29) is 7.43 Å². The van der Waals surface area contributed by atoms with E-state index in [1.807, 2.05) is 20.8 Å². The van der Waals surface area contributed by atoms with Gasteiger partial charge in [0.25, 0.3) is 0 Å². The van der Waals surface area contributed by atoms with Crippen LogP contribution in [0.5, 0.6) is 0 Å². The van der Waals surface area contributed by atoms with Crippen LogP contribution in [0.4, 0.5) is 0 Å². The minimum atomic E-state index is 0. The van der Waals surface area contributed by atoms with Crippen LogP contribution in [0.1, 0.15) is 30.2 Å². The summed E-state index contributed by atoms with van der Waals surface area (Å²) in [5.74, 6) is 0.438. The summed E-state index contributed by atoms with van der Waals surface area (Å²) in [4.78, 5) is 16.0. The molecule has 0 bridgehead atoms. The van der Waals surface area contributed by atoms with Crippen LogP contribution in [-0.2, 0) is 5.88 Å². The van der Waals surface area contributed by atoms with Crippen molar-refractivity contribution >= 4 is 11.6 Å². The Balaban J connectivity index is 0.000000306. The zero-order valence-electron chi connectivity index (χ0n) is 10.2. The third-order valence-electron chi connectivity index (χ3n) is 1.88. The van der Waals surface area contributed by atoms with Crippen molar-refractivity contribution < 1.29 is 0 Å². The molecule has 0 spiro atoms. The number of halogens is 1. The zero-order valence-corrected chi connectivity index (χ0v) is 10.9. The number of alkyl halides is 1. The van der Waals surface area contributed by atoms with Crippen LogP contribution in [0.2, 0.25) is 0 Å². The molecular weight excluding hydrogens is 248 g/mol. The predicted molar refractivity (Wildman–Crippen MR) is 74.6 cm³/mol. The summed E-state index contributed by atoms with van der Waals surface area (Å²) in [6.45, 7) is 5.74. The highest BCUT2D eigenvalue weighted by Crippen LogP contribution is 1.96. The lowest BCUT2D eigenvalue weighted by molar-refractivity contribution is 1.05. The topological polar surface area (TPSA) is 51.6 Å². The van der Waals surface area contributed by atoms with Gasteiger partial charge in [0.05, 0.1) is 28.7 Å². The molecule has 2 aromatic rings. The molecule has 4 nitrogen and oxygen atoms in total. The largest absolute Gasteiger partial charge is 0.258 e. The van der Waals surface area contributed by atoms with Gasteiger partial charge in [-0.05, 0) is 20.8 Å². The van der Waals surface area contributed by atoms with Gasteiger partial charge in [-0.25, -0.2) is 0 Å². The molecule has 0 fully saturated rings. The molecule has 18 heavy (non-hydrogen) atoms. The quantitative estimate of drug-likeness (QED) is 0.744. The standard InChI is InChI=1S/C6H7ClN2.C6H8N2.CH4/c1-5-3-9-6(2-7)4-8-5;1-5-3-8-6(2)4-7-5;/h3-4H,2H2,1H3;3-4H,1-2H3;1H4. The second-order valence-electron chi connectivity index (χ2n) is 3.58. The summed E-state index contributed by atoms with van der Waals surface area (Å²) in [5.41, 5.74) is 3.68. The predicted octanol–water partition coefficient (Wildman–Crippen LogP) is 3.25. The molecule has 0 atom stereocenters. The first-order chi connectivity index (χ1) is 8.11. The molecule has 0 amide bonds. The maximum Gasteiger partial charge on any atom is 0.0734 e. The first-order valence-electron chi connectivity index (χ1n) is 5.20. The van der Waals surface area contributed by atoms with Crippen LogP contribution in [0.3, 0.4) is 0 Å². The van der Waals surface area contributed by atoms with Gasteiger partial charge >= 0.3 is 0 Å². The third kappa shape index (κ3) is 6.25. The van der Waals surface area contributed by atoms with Gasteiger partial charge in [-0.3, -0.25) is 19.9 Å². The highest BCUT2D eigenvalue weighted by atomic mass is 35.5. The molecule has 0 saturated heterocycles. The van der Waals surface area contributed by atoms with Crippen molar-refractivity contribution in [2.24, 2.45) is 0 Å². The maximum atomic E-state index is 5.48. The molecule has 2 heterocycles. The van der Waals surface area contributed by atoms with E-state index in [2.05, 4.69) is 19.9 Å². The van der Waals surface area contributed by atoms with Gasteiger partial charge in [0.1, 0.15) is 0 Å². The van der Waals surface area contributed by atoms with Crippen molar-refractivity contribution in [1.29, 1.82) is 0 Å². The number of rotatable bonds is 1. The molecule has 2 aromatic heterocycles. The Hall–Kier alpha value is -1.55. The van der Waals surface area contributed by atoms with Gasteiger partial charge in [0.2, 0.25) is 0 Å². The molecule has 98 valence electrons. The Labute approximate surface area is 114 Å². The minimum Gasteiger partial charge on any atom is -0.258 e. The molecule has 0 radical (unpaired) electrons.